The van der Waals surface area contributed by atoms with E-state index in [1.54, 1.807) is 0 Å². The molecule has 0 spiro atoms. The van der Waals surface area contributed by atoms with Crippen LogP contribution < -0.4 is 10.6 Å². The standard InChI is InChI=1S/C5H8N2O4/c8-1-2-3(4(9)10)7-5(11)6-2/h2-3,8H,1H2,(H,9,10)(H2,6,7,11). The topological polar surface area (TPSA) is 98.7 Å². The summed E-state index contributed by atoms with van der Waals surface area (Å²) in [5.74, 6) is -1.15. The van der Waals surface area contributed by atoms with Gasteiger partial charge in [-0.25, -0.2) is 9.59 Å². The molecule has 2 unspecified atom stereocenters. The Morgan fingerprint density at radius 3 is 2.55 bits per heavy atom. The maximum absolute atomic E-state index is 10.5. The van der Waals surface area contributed by atoms with Crippen LogP contribution in [0.3, 0.4) is 0 Å². The Bertz CT molecular complexity index is 193. The molecule has 6 heteroatoms. The van der Waals surface area contributed by atoms with E-state index in [9.17, 15) is 9.59 Å². The van der Waals surface area contributed by atoms with E-state index in [4.69, 9.17) is 10.2 Å². The molecule has 1 aliphatic heterocycles. The second-order valence-electron chi connectivity index (χ2n) is 2.22. The minimum atomic E-state index is -1.15. The maximum Gasteiger partial charge on any atom is 0.328 e. The zero-order valence-electron chi connectivity index (χ0n) is 5.57. The Balaban J connectivity index is 2.64. The smallest absolute Gasteiger partial charge is 0.328 e. The van der Waals surface area contributed by atoms with Crippen molar-refractivity contribution < 1.29 is 19.8 Å². The molecule has 0 aromatic heterocycles. The molecule has 62 valence electrons. The molecule has 0 aromatic rings. The second kappa shape index (κ2) is 2.75. The third-order valence-corrected chi connectivity index (χ3v) is 1.47. The number of hydrogen-bond acceptors (Lipinski definition) is 3. The van der Waals surface area contributed by atoms with Gasteiger partial charge in [0.1, 0.15) is 0 Å². The lowest BCUT2D eigenvalue weighted by Gasteiger charge is -2.09. The minimum Gasteiger partial charge on any atom is -0.480 e. The highest BCUT2D eigenvalue weighted by Gasteiger charge is 2.36. The Labute approximate surface area is 62.2 Å². The number of aliphatic hydroxyl groups excluding tert-OH is 1. The quantitative estimate of drug-likeness (QED) is 0.379. The fourth-order valence-electron chi connectivity index (χ4n) is 0.920. The van der Waals surface area contributed by atoms with Crippen molar-refractivity contribution in [2.24, 2.45) is 0 Å². The third-order valence-electron chi connectivity index (χ3n) is 1.47. The molecule has 1 aliphatic rings. The van der Waals surface area contributed by atoms with Crippen molar-refractivity contribution in [3.05, 3.63) is 0 Å². The van der Waals surface area contributed by atoms with Crippen LogP contribution >= 0.6 is 0 Å². The first kappa shape index (κ1) is 7.80. The SMILES string of the molecule is O=C1NC(CO)C(C(=O)O)N1. The number of rotatable bonds is 2. The first-order chi connectivity index (χ1) is 5.15. The highest BCUT2D eigenvalue weighted by molar-refractivity contribution is 5.87. The van der Waals surface area contributed by atoms with E-state index < -0.39 is 24.1 Å². The molecule has 2 amide bonds. The number of aliphatic carboxylic acids is 1. The van der Waals surface area contributed by atoms with E-state index in [2.05, 4.69) is 10.6 Å². The molecule has 1 heterocycles. The summed E-state index contributed by atoms with van der Waals surface area (Å²) in [6.45, 7) is -0.379. The lowest BCUT2D eigenvalue weighted by Crippen LogP contribution is -2.42. The summed E-state index contributed by atoms with van der Waals surface area (Å²) in [6.07, 6.45) is 0. The normalized spacial score (nSPS) is 29.4. The number of hydrogen-bond donors (Lipinski definition) is 4. The van der Waals surface area contributed by atoms with Gasteiger partial charge in [0.15, 0.2) is 6.04 Å². The summed E-state index contributed by atoms with van der Waals surface area (Å²) in [4.78, 5) is 20.9. The average molecular weight is 160 g/mol. The second-order valence-corrected chi connectivity index (χ2v) is 2.22. The molecule has 6 nitrogen and oxygen atoms in total. The molecule has 2 atom stereocenters. The molecule has 4 N–H and O–H groups in total. The van der Waals surface area contributed by atoms with Crippen LogP contribution in [0.5, 0.6) is 0 Å². The van der Waals surface area contributed by atoms with Crippen LogP contribution in [0, 0.1) is 0 Å². The summed E-state index contributed by atoms with van der Waals surface area (Å²) in [6, 6.07) is -2.30. The molecule has 1 fully saturated rings. The molecule has 0 aliphatic carbocycles. The summed E-state index contributed by atoms with van der Waals surface area (Å²) >= 11 is 0. The van der Waals surface area contributed by atoms with Crippen LogP contribution in [0.15, 0.2) is 0 Å². The van der Waals surface area contributed by atoms with Gasteiger partial charge in [-0.2, -0.15) is 0 Å². The van der Waals surface area contributed by atoms with Gasteiger partial charge in [-0.15, -0.1) is 0 Å². The van der Waals surface area contributed by atoms with Gasteiger partial charge in [0, 0.05) is 0 Å². The van der Waals surface area contributed by atoms with Crippen molar-refractivity contribution in [1.82, 2.24) is 10.6 Å². The maximum atomic E-state index is 10.5. The lowest BCUT2D eigenvalue weighted by atomic mass is 10.1. The Morgan fingerprint density at radius 2 is 2.18 bits per heavy atom. The summed E-state index contributed by atoms with van der Waals surface area (Å²) in [5.41, 5.74) is 0. The van der Waals surface area contributed by atoms with E-state index in [1.165, 1.54) is 0 Å². The predicted molar refractivity (Wildman–Crippen MR) is 34.0 cm³/mol. The van der Waals surface area contributed by atoms with Gasteiger partial charge < -0.3 is 20.8 Å². The zero-order chi connectivity index (χ0) is 8.43. The molecule has 0 bridgehead atoms. The molecule has 0 saturated carbocycles. The third kappa shape index (κ3) is 1.40. The molecule has 1 saturated heterocycles. The van der Waals surface area contributed by atoms with Crippen molar-refractivity contribution in [3.63, 3.8) is 0 Å². The van der Waals surface area contributed by atoms with Gasteiger partial charge >= 0.3 is 12.0 Å². The van der Waals surface area contributed by atoms with Crippen molar-refractivity contribution >= 4 is 12.0 Å². The summed E-state index contributed by atoms with van der Waals surface area (Å²) < 4.78 is 0. The first-order valence-corrected chi connectivity index (χ1v) is 3.06. The van der Waals surface area contributed by atoms with Gasteiger partial charge in [-0.1, -0.05) is 0 Å². The van der Waals surface area contributed by atoms with Gasteiger partial charge in [-0.05, 0) is 0 Å². The highest BCUT2D eigenvalue weighted by Crippen LogP contribution is 2.00. The van der Waals surface area contributed by atoms with E-state index in [0.29, 0.717) is 0 Å². The number of urea groups is 1. The Morgan fingerprint density at radius 1 is 1.55 bits per heavy atom. The van der Waals surface area contributed by atoms with Crippen LogP contribution in [0.1, 0.15) is 0 Å². The average Bonchev–Trinajstić information content (AvgIpc) is 2.30. The van der Waals surface area contributed by atoms with Crippen LogP contribution in [0.2, 0.25) is 0 Å². The number of amides is 2. The van der Waals surface area contributed by atoms with Gasteiger partial charge in [0.25, 0.3) is 0 Å². The van der Waals surface area contributed by atoms with E-state index in [-0.39, 0.29) is 6.61 Å². The fourth-order valence-corrected chi connectivity index (χ4v) is 0.920. The monoisotopic (exact) mass is 160 g/mol. The van der Waals surface area contributed by atoms with Crippen molar-refractivity contribution in [3.8, 4) is 0 Å². The van der Waals surface area contributed by atoms with Crippen LogP contribution in [-0.4, -0.2) is 40.9 Å². The number of aliphatic hydroxyl groups is 1. The van der Waals surface area contributed by atoms with Gasteiger partial charge in [-0.3, -0.25) is 0 Å². The highest BCUT2D eigenvalue weighted by atomic mass is 16.4. The number of carbonyl (C=O) groups is 2. The van der Waals surface area contributed by atoms with E-state index in [0.717, 1.165) is 0 Å². The number of carbonyl (C=O) groups excluding carboxylic acids is 1. The Kier molecular flexibility index (Phi) is 1.95. The minimum absolute atomic E-state index is 0.379. The molecule has 0 aromatic carbocycles. The largest absolute Gasteiger partial charge is 0.480 e. The van der Waals surface area contributed by atoms with E-state index in [1.807, 2.05) is 0 Å². The lowest BCUT2D eigenvalue weighted by molar-refractivity contribution is -0.139. The van der Waals surface area contributed by atoms with E-state index >= 15 is 0 Å². The summed E-state index contributed by atoms with van der Waals surface area (Å²) in [7, 11) is 0. The molecular formula is C5H8N2O4. The molecule has 11 heavy (non-hydrogen) atoms. The van der Waals surface area contributed by atoms with Gasteiger partial charge in [0.05, 0.1) is 12.6 Å². The molecule has 1 rings (SSSR count). The first-order valence-electron chi connectivity index (χ1n) is 3.06. The Hall–Kier alpha value is -1.30. The van der Waals surface area contributed by atoms with Crippen molar-refractivity contribution in [2.45, 2.75) is 12.1 Å². The van der Waals surface area contributed by atoms with Crippen LogP contribution in [0.25, 0.3) is 0 Å². The molecular weight excluding hydrogens is 152 g/mol. The van der Waals surface area contributed by atoms with Crippen molar-refractivity contribution in [2.75, 3.05) is 6.61 Å². The summed E-state index contributed by atoms with van der Waals surface area (Å²) in [5, 5.41) is 21.5. The van der Waals surface area contributed by atoms with Crippen molar-refractivity contribution in [1.29, 1.82) is 0 Å². The number of nitrogens with one attached hydrogen (secondary N) is 2. The molecule has 0 radical (unpaired) electrons. The van der Waals surface area contributed by atoms with Crippen LogP contribution in [-0.2, 0) is 4.79 Å². The van der Waals surface area contributed by atoms with Crippen LogP contribution in [0.4, 0.5) is 4.79 Å². The van der Waals surface area contributed by atoms with Gasteiger partial charge in [0.2, 0.25) is 0 Å². The fraction of sp³-hybridized carbons (Fsp3) is 0.600. The number of carboxylic acid groups (broad SMARTS) is 1. The number of carboxylic acids is 1. The predicted octanol–water partition coefficient (Wildman–Crippen LogP) is -1.89. The zero-order valence-corrected chi connectivity index (χ0v) is 5.57.